The first kappa shape index (κ1) is 11.8. The van der Waals surface area contributed by atoms with E-state index in [2.05, 4.69) is 15.3 Å². The molecule has 0 unspecified atom stereocenters. The highest BCUT2D eigenvalue weighted by Crippen LogP contribution is 2.05. The van der Waals surface area contributed by atoms with Crippen molar-refractivity contribution in [3.8, 4) is 0 Å². The molecule has 17 heavy (non-hydrogen) atoms. The quantitative estimate of drug-likeness (QED) is 0.744. The summed E-state index contributed by atoms with van der Waals surface area (Å²) in [5, 5.41) is 3.76. The van der Waals surface area contributed by atoms with E-state index in [-0.39, 0.29) is 5.56 Å². The van der Waals surface area contributed by atoms with Gasteiger partial charge >= 0.3 is 0 Å². The number of fused-ring (bicyclic) bond motifs is 1. The summed E-state index contributed by atoms with van der Waals surface area (Å²) < 4.78 is 4.92. The minimum absolute atomic E-state index is 0.0980. The van der Waals surface area contributed by atoms with Gasteiger partial charge in [-0.3, -0.25) is 4.79 Å². The number of hydrogen-bond donors (Lipinski definition) is 2. The first-order valence-electron chi connectivity index (χ1n) is 5.49. The summed E-state index contributed by atoms with van der Waals surface area (Å²) in [5.74, 6) is 0.643. The molecule has 0 spiro atoms. The number of rotatable bonds is 5. The highest BCUT2D eigenvalue weighted by Gasteiger charge is 2.02. The molecule has 1 heterocycles. The molecule has 1 aromatic heterocycles. The number of para-hydroxylation sites is 1. The number of ether oxygens (including phenoxy) is 1. The summed E-state index contributed by atoms with van der Waals surface area (Å²) in [7, 11) is 1.65. The van der Waals surface area contributed by atoms with Crippen molar-refractivity contribution in [2.45, 2.75) is 6.54 Å². The molecule has 0 saturated carbocycles. The van der Waals surface area contributed by atoms with Crippen molar-refractivity contribution in [1.82, 2.24) is 15.3 Å². The first-order chi connectivity index (χ1) is 8.31. The number of hydrogen-bond acceptors (Lipinski definition) is 4. The number of benzene rings is 1. The third-order valence-electron chi connectivity index (χ3n) is 2.44. The molecule has 0 saturated heterocycles. The van der Waals surface area contributed by atoms with E-state index in [0.29, 0.717) is 24.4 Å². The van der Waals surface area contributed by atoms with Crippen LogP contribution in [0.5, 0.6) is 0 Å². The maximum Gasteiger partial charge on any atom is 0.258 e. The Balaban J connectivity index is 2.16. The molecule has 0 aliphatic heterocycles. The monoisotopic (exact) mass is 233 g/mol. The van der Waals surface area contributed by atoms with Gasteiger partial charge in [-0.05, 0) is 12.1 Å². The normalized spacial score (nSPS) is 10.9. The smallest absolute Gasteiger partial charge is 0.258 e. The fourth-order valence-electron chi connectivity index (χ4n) is 1.60. The number of aromatic amines is 1. The molecule has 0 aliphatic rings. The van der Waals surface area contributed by atoms with Crippen LogP contribution in [0.3, 0.4) is 0 Å². The van der Waals surface area contributed by atoms with Crippen molar-refractivity contribution < 1.29 is 4.74 Å². The van der Waals surface area contributed by atoms with Crippen LogP contribution in [0.15, 0.2) is 29.1 Å². The molecule has 0 fully saturated rings. The standard InChI is InChI=1S/C12H15N3O2/c1-17-7-6-13-8-11-14-10-5-3-2-4-9(10)12(16)15-11/h2-5,13H,6-8H2,1H3,(H,14,15,16). The minimum Gasteiger partial charge on any atom is -0.383 e. The van der Waals surface area contributed by atoms with Gasteiger partial charge < -0.3 is 15.0 Å². The van der Waals surface area contributed by atoms with E-state index >= 15 is 0 Å². The highest BCUT2D eigenvalue weighted by atomic mass is 16.5. The molecule has 0 aliphatic carbocycles. The Labute approximate surface area is 98.8 Å². The first-order valence-corrected chi connectivity index (χ1v) is 5.49. The van der Waals surface area contributed by atoms with Crippen LogP contribution in [-0.2, 0) is 11.3 Å². The third-order valence-corrected chi connectivity index (χ3v) is 2.44. The van der Waals surface area contributed by atoms with Gasteiger partial charge in [-0.2, -0.15) is 0 Å². The number of nitrogens with zero attached hydrogens (tertiary/aromatic N) is 1. The average molecular weight is 233 g/mol. The molecule has 90 valence electrons. The second-order valence-electron chi connectivity index (χ2n) is 3.70. The predicted octanol–water partition coefficient (Wildman–Crippen LogP) is 0.659. The lowest BCUT2D eigenvalue weighted by Gasteiger charge is -2.04. The summed E-state index contributed by atoms with van der Waals surface area (Å²) in [6.45, 7) is 1.90. The summed E-state index contributed by atoms with van der Waals surface area (Å²) in [6, 6.07) is 7.30. The average Bonchev–Trinajstić information content (AvgIpc) is 2.35. The van der Waals surface area contributed by atoms with Crippen LogP contribution < -0.4 is 10.9 Å². The van der Waals surface area contributed by atoms with Gasteiger partial charge in [0.2, 0.25) is 0 Å². The predicted molar refractivity (Wildman–Crippen MR) is 65.9 cm³/mol. The molecule has 2 N–H and O–H groups in total. The molecule has 2 rings (SSSR count). The Morgan fingerprint density at radius 3 is 3.06 bits per heavy atom. The third kappa shape index (κ3) is 2.89. The van der Waals surface area contributed by atoms with Gasteiger partial charge in [0.1, 0.15) is 5.82 Å². The fourth-order valence-corrected chi connectivity index (χ4v) is 1.60. The van der Waals surface area contributed by atoms with Crippen molar-refractivity contribution in [3.63, 3.8) is 0 Å². The zero-order valence-electron chi connectivity index (χ0n) is 9.69. The summed E-state index contributed by atoms with van der Waals surface area (Å²) in [5.41, 5.74) is 0.624. The van der Waals surface area contributed by atoms with Crippen LogP contribution in [0.1, 0.15) is 5.82 Å². The van der Waals surface area contributed by atoms with Crippen molar-refractivity contribution in [1.29, 1.82) is 0 Å². The second kappa shape index (κ2) is 5.56. The molecule has 0 atom stereocenters. The minimum atomic E-state index is -0.0980. The molecule has 0 radical (unpaired) electrons. The largest absolute Gasteiger partial charge is 0.383 e. The molecular weight excluding hydrogens is 218 g/mol. The lowest BCUT2D eigenvalue weighted by Crippen LogP contribution is -2.22. The second-order valence-corrected chi connectivity index (χ2v) is 3.70. The molecule has 5 nitrogen and oxygen atoms in total. The van der Waals surface area contributed by atoms with E-state index in [0.717, 1.165) is 12.1 Å². The molecule has 5 heteroatoms. The molecule has 0 amide bonds. The zero-order valence-corrected chi connectivity index (χ0v) is 9.69. The Hall–Kier alpha value is -1.72. The molecular formula is C12H15N3O2. The Bertz CT molecular complexity index is 551. The molecule has 0 bridgehead atoms. The number of nitrogens with one attached hydrogen (secondary N) is 2. The van der Waals surface area contributed by atoms with Gasteiger partial charge in [-0.1, -0.05) is 12.1 Å². The number of aromatic nitrogens is 2. The number of H-pyrrole nitrogens is 1. The Morgan fingerprint density at radius 1 is 1.41 bits per heavy atom. The van der Waals surface area contributed by atoms with E-state index in [4.69, 9.17) is 4.74 Å². The SMILES string of the molecule is COCCNCc1nc2ccccc2c(=O)[nH]1. The van der Waals surface area contributed by atoms with Crippen molar-refractivity contribution in [2.24, 2.45) is 0 Å². The van der Waals surface area contributed by atoms with Gasteiger partial charge in [0.15, 0.2) is 0 Å². The van der Waals surface area contributed by atoms with E-state index in [1.165, 1.54) is 0 Å². The molecule has 1 aromatic carbocycles. The maximum absolute atomic E-state index is 11.7. The van der Waals surface area contributed by atoms with Gasteiger partial charge in [-0.25, -0.2) is 4.98 Å². The van der Waals surface area contributed by atoms with Crippen molar-refractivity contribution >= 4 is 10.9 Å². The van der Waals surface area contributed by atoms with Crippen LogP contribution >= 0.6 is 0 Å². The Kier molecular flexibility index (Phi) is 3.85. The van der Waals surface area contributed by atoms with E-state index in [1.807, 2.05) is 18.2 Å². The lowest BCUT2D eigenvalue weighted by molar-refractivity contribution is 0.199. The zero-order chi connectivity index (χ0) is 12.1. The van der Waals surface area contributed by atoms with Crippen molar-refractivity contribution in [2.75, 3.05) is 20.3 Å². The van der Waals surface area contributed by atoms with Gasteiger partial charge in [0.05, 0.1) is 24.1 Å². The van der Waals surface area contributed by atoms with E-state index < -0.39 is 0 Å². The van der Waals surface area contributed by atoms with Gasteiger partial charge in [-0.15, -0.1) is 0 Å². The topological polar surface area (TPSA) is 67.0 Å². The van der Waals surface area contributed by atoms with Crippen molar-refractivity contribution in [3.05, 3.63) is 40.4 Å². The van der Waals surface area contributed by atoms with Crippen LogP contribution in [0.4, 0.5) is 0 Å². The summed E-state index contributed by atoms with van der Waals surface area (Å²) in [6.07, 6.45) is 0. The Morgan fingerprint density at radius 2 is 2.24 bits per heavy atom. The van der Waals surface area contributed by atoms with Crippen LogP contribution in [0.2, 0.25) is 0 Å². The van der Waals surface area contributed by atoms with Gasteiger partial charge in [0.25, 0.3) is 5.56 Å². The summed E-state index contributed by atoms with van der Waals surface area (Å²) >= 11 is 0. The molecule has 2 aromatic rings. The maximum atomic E-state index is 11.7. The van der Waals surface area contributed by atoms with E-state index in [9.17, 15) is 4.79 Å². The van der Waals surface area contributed by atoms with E-state index in [1.54, 1.807) is 13.2 Å². The number of methoxy groups -OCH3 is 1. The lowest BCUT2D eigenvalue weighted by atomic mass is 10.2. The highest BCUT2D eigenvalue weighted by molar-refractivity contribution is 5.77. The van der Waals surface area contributed by atoms with Crippen LogP contribution in [0.25, 0.3) is 10.9 Å². The summed E-state index contributed by atoms with van der Waals surface area (Å²) in [4.78, 5) is 18.9. The van der Waals surface area contributed by atoms with Crippen LogP contribution in [0, 0.1) is 0 Å². The van der Waals surface area contributed by atoms with Gasteiger partial charge in [0, 0.05) is 13.7 Å². The van der Waals surface area contributed by atoms with Crippen LogP contribution in [-0.4, -0.2) is 30.2 Å². The fraction of sp³-hybridized carbons (Fsp3) is 0.333.